The molecule has 0 heterocycles. The lowest BCUT2D eigenvalue weighted by Crippen LogP contribution is -2.10. The summed E-state index contributed by atoms with van der Waals surface area (Å²) < 4.78 is 0. The number of hydrogen-bond acceptors (Lipinski definition) is 3. The molecule has 0 bridgehead atoms. The number of nitrogens with zero attached hydrogens (tertiary/aromatic N) is 1. The van der Waals surface area contributed by atoms with E-state index in [-0.39, 0.29) is 11.5 Å². The van der Waals surface area contributed by atoms with Gasteiger partial charge in [0, 0.05) is 12.1 Å². The van der Waals surface area contributed by atoms with Crippen molar-refractivity contribution in [1.82, 2.24) is 4.90 Å². The molecule has 78 valence electrons. The highest BCUT2D eigenvalue weighted by Crippen LogP contribution is 2.29. The highest BCUT2D eigenvalue weighted by Gasteiger charge is 2.07. The first kappa shape index (κ1) is 10.9. The minimum atomic E-state index is 0.185. The summed E-state index contributed by atoms with van der Waals surface area (Å²) in [5.74, 6) is 0.369. The quantitative estimate of drug-likeness (QED) is 0.771. The maximum atomic E-state index is 9.61. The van der Waals surface area contributed by atoms with Crippen LogP contribution in [0.5, 0.6) is 11.5 Å². The third kappa shape index (κ3) is 2.39. The molecule has 0 amide bonds. The second-order valence-corrected chi connectivity index (χ2v) is 3.70. The Labute approximate surface area is 84.6 Å². The fourth-order valence-electron chi connectivity index (χ4n) is 1.52. The number of hydrogen-bond donors (Lipinski definition) is 2. The van der Waals surface area contributed by atoms with Crippen LogP contribution in [0.4, 0.5) is 0 Å². The van der Waals surface area contributed by atoms with Crippen LogP contribution < -0.4 is 0 Å². The number of phenols is 2. The van der Waals surface area contributed by atoms with Gasteiger partial charge in [-0.25, -0.2) is 0 Å². The van der Waals surface area contributed by atoms with Crippen molar-refractivity contribution < 1.29 is 10.2 Å². The Hall–Kier alpha value is -1.22. The third-order valence-electron chi connectivity index (χ3n) is 2.11. The van der Waals surface area contributed by atoms with Crippen LogP contribution in [0, 0.1) is 0 Å². The van der Waals surface area contributed by atoms with Gasteiger partial charge in [-0.15, -0.1) is 0 Å². The minimum Gasteiger partial charge on any atom is -0.508 e. The van der Waals surface area contributed by atoms with Gasteiger partial charge >= 0.3 is 0 Å². The first-order valence-corrected chi connectivity index (χ1v) is 4.73. The van der Waals surface area contributed by atoms with Crippen molar-refractivity contribution in [3.8, 4) is 11.5 Å². The van der Waals surface area contributed by atoms with Crippen LogP contribution >= 0.6 is 0 Å². The van der Waals surface area contributed by atoms with Crippen molar-refractivity contribution in [2.24, 2.45) is 0 Å². The van der Waals surface area contributed by atoms with Crippen LogP contribution in [0.2, 0.25) is 0 Å². The molecule has 0 spiro atoms. The monoisotopic (exact) mass is 195 g/mol. The molecule has 1 aromatic rings. The van der Waals surface area contributed by atoms with Crippen molar-refractivity contribution in [2.45, 2.75) is 19.9 Å². The number of rotatable bonds is 3. The van der Waals surface area contributed by atoms with E-state index in [1.165, 1.54) is 0 Å². The fraction of sp³-hybridized carbons (Fsp3) is 0.455. The number of phenolic OH excluding ortho intramolecular Hbond substituents is 2. The molecule has 0 atom stereocenters. The smallest absolute Gasteiger partial charge is 0.122 e. The van der Waals surface area contributed by atoms with Gasteiger partial charge in [-0.3, -0.25) is 0 Å². The second-order valence-electron chi connectivity index (χ2n) is 3.70. The van der Waals surface area contributed by atoms with Crippen LogP contribution in [-0.2, 0) is 13.0 Å². The van der Waals surface area contributed by atoms with Crippen LogP contribution in [0.25, 0.3) is 0 Å². The van der Waals surface area contributed by atoms with Crippen LogP contribution in [-0.4, -0.2) is 29.2 Å². The molecule has 0 aliphatic heterocycles. The van der Waals surface area contributed by atoms with Gasteiger partial charge in [0.05, 0.1) is 0 Å². The molecule has 0 aromatic heterocycles. The van der Waals surface area contributed by atoms with E-state index in [4.69, 9.17) is 0 Å². The molecule has 0 fully saturated rings. The van der Waals surface area contributed by atoms with Crippen LogP contribution in [0.15, 0.2) is 12.1 Å². The molecular weight excluding hydrogens is 178 g/mol. The summed E-state index contributed by atoms with van der Waals surface area (Å²) in [6.45, 7) is 2.62. The van der Waals surface area contributed by atoms with Gasteiger partial charge in [-0.05, 0) is 38.2 Å². The van der Waals surface area contributed by atoms with E-state index in [0.29, 0.717) is 18.5 Å². The summed E-state index contributed by atoms with van der Waals surface area (Å²) in [5.41, 5.74) is 1.54. The van der Waals surface area contributed by atoms with Crippen molar-refractivity contribution in [3.05, 3.63) is 23.3 Å². The van der Waals surface area contributed by atoms with E-state index in [2.05, 4.69) is 0 Å². The Balaban J connectivity index is 3.01. The molecule has 3 heteroatoms. The first-order valence-electron chi connectivity index (χ1n) is 4.73. The Bertz CT molecular complexity index is 298. The topological polar surface area (TPSA) is 43.7 Å². The molecule has 0 saturated carbocycles. The van der Waals surface area contributed by atoms with Gasteiger partial charge < -0.3 is 15.1 Å². The van der Waals surface area contributed by atoms with Crippen LogP contribution in [0.3, 0.4) is 0 Å². The van der Waals surface area contributed by atoms with E-state index in [1.54, 1.807) is 12.1 Å². The zero-order valence-electron chi connectivity index (χ0n) is 8.91. The molecule has 3 nitrogen and oxygen atoms in total. The zero-order valence-corrected chi connectivity index (χ0v) is 8.91. The standard InChI is InChI=1S/C11H17NO2/c1-4-9-10(13)5-8(6-11(9)14)7-12(2)3/h5-6,13-14H,4,7H2,1-3H3. The van der Waals surface area contributed by atoms with E-state index >= 15 is 0 Å². The van der Waals surface area contributed by atoms with Gasteiger partial charge in [0.1, 0.15) is 11.5 Å². The maximum Gasteiger partial charge on any atom is 0.122 e. The van der Waals surface area contributed by atoms with E-state index < -0.39 is 0 Å². The normalized spacial score (nSPS) is 10.9. The SMILES string of the molecule is CCc1c(O)cc(CN(C)C)cc1O. The summed E-state index contributed by atoms with van der Waals surface area (Å²) in [5, 5.41) is 19.2. The lowest BCUT2D eigenvalue weighted by Gasteiger charge is -2.12. The Kier molecular flexibility index (Phi) is 3.36. The summed E-state index contributed by atoms with van der Waals surface area (Å²) in [6, 6.07) is 3.41. The van der Waals surface area contributed by atoms with E-state index in [9.17, 15) is 10.2 Å². The summed E-state index contributed by atoms with van der Waals surface area (Å²) in [7, 11) is 3.89. The predicted octanol–water partition coefficient (Wildman–Crippen LogP) is 1.72. The van der Waals surface area contributed by atoms with Gasteiger partial charge in [-0.2, -0.15) is 0 Å². The molecule has 14 heavy (non-hydrogen) atoms. The van der Waals surface area contributed by atoms with Gasteiger partial charge in [0.15, 0.2) is 0 Å². The Morgan fingerprint density at radius 1 is 1.14 bits per heavy atom. The highest BCUT2D eigenvalue weighted by molar-refractivity contribution is 5.46. The van der Waals surface area contributed by atoms with Crippen LogP contribution in [0.1, 0.15) is 18.1 Å². The summed E-state index contributed by atoms with van der Waals surface area (Å²) >= 11 is 0. The van der Waals surface area contributed by atoms with Crippen molar-refractivity contribution in [2.75, 3.05) is 14.1 Å². The molecule has 0 saturated heterocycles. The van der Waals surface area contributed by atoms with Gasteiger partial charge in [0.2, 0.25) is 0 Å². The number of benzene rings is 1. The molecular formula is C11H17NO2. The van der Waals surface area contributed by atoms with Crippen molar-refractivity contribution >= 4 is 0 Å². The molecule has 0 radical (unpaired) electrons. The average Bonchev–Trinajstić information content (AvgIpc) is 2.01. The first-order chi connectivity index (χ1) is 6.54. The molecule has 0 unspecified atom stereocenters. The second kappa shape index (κ2) is 4.33. The fourth-order valence-corrected chi connectivity index (χ4v) is 1.52. The van der Waals surface area contributed by atoms with Crippen molar-refractivity contribution in [1.29, 1.82) is 0 Å². The molecule has 2 N–H and O–H groups in total. The lowest BCUT2D eigenvalue weighted by atomic mass is 10.1. The van der Waals surface area contributed by atoms with Crippen molar-refractivity contribution in [3.63, 3.8) is 0 Å². The molecule has 0 aliphatic rings. The zero-order chi connectivity index (χ0) is 10.7. The molecule has 0 aliphatic carbocycles. The predicted molar refractivity (Wildman–Crippen MR) is 56.5 cm³/mol. The average molecular weight is 195 g/mol. The summed E-state index contributed by atoms with van der Waals surface area (Å²) in [6.07, 6.45) is 0.639. The molecule has 1 aromatic carbocycles. The maximum absolute atomic E-state index is 9.61. The van der Waals surface area contributed by atoms with Gasteiger partial charge in [-0.1, -0.05) is 6.92 Å². The largest absolute Gasteiger partial charge is 0.508 e. The van der Waals surface area contributed by atoms with Gasteiger partial charge in [0.25, 0.3) is 0 Å². The minimum absolute atomic E-state index is 0.185. The lowest BCUT2D eigenvalue weighted by molar-refractivity contribution is 0.395. The van der Waals surface area contributed by atoms with E-state index in [0.717, 1.165) is 5.56 Å². The summed E-state index contributed by atoms with van der Waals surface area (Å²) in [4.78, 5) is 1.99. The Morgan fingerprint density at radius 3 is 2.00 bits per heavy atom. The Morgan fingerprint density at radius 2 is 1.64 bits per heavy atom. The number of aromatic hydroxyl groups is 2. The van der Waals surface area contributed by atoms with E-state index in [1.807, 2.05) is 25.9 Å². The third-order valence-corrected chi connectivity index (χ3v) is 2.11. The highest BCUT2D eigenvalue weighted by atomic mass is 16.3. The molecule has 1 rings (SSSR count).